The number of hydrogen-bond acceptors (Lipinski definition) is 1. The van der Waals surface area contributed by atoms with Crippen molar-refractivity contribution in [1.29, 1.82) is 0 Å². The molecule has 0 spiro atoms. The molecule has 0 radical (unpaired) electrons. The van der Waals surface area contributed by atoms with Gasteiger partial charge in [0.2, 0.25) is 0 Å². The highest BCUT2D eigenvalue weighted by atomic mass is 16.3. The maximum absolute atomic E-state index is 11.9. The third kappa shape index (κ3) is 2.45. The molecule has 0 amide bonds. The standard InChI is InChI=1S/C28H38O/c1-2-17-9-24(27-11-18-3-19(12-27)5-20(4-18)13-27)26(29)25(10-17)28-14-21-6-22(15-28)8-23(7-21)16-28/h9-10,18-23,29H,2-8,11-16H2,1H3. The van der Waals surface area contributed by atoms with Gasteiger partial charge in [-0.3, -0.25) is 0 Å². The van der Waals surface area contributed by atoms with E-state index in [1.54, 1.807) is 0 Å². The highest BCUT2D eigenvalue weighted by Gasteiger charge is 2.55. The molecule has 0 atom stereocenters. The van der Waals surface area contributed by atoms with Gasteiger partial charge in [-0.2, -0.15) is 0 Å². The van der Waals surface area contributed by atoms with Crippen LogP contribution in [0.1, 0.15) is 101 Å². The van der Waals surface area contributed by atoms with Gasteiger partial charge in [0, 0.05) is 11.1 Å². The molecule has 1 heteroatoms. The van der Waals surface area contributed by atoms with E-state index in [9.17, 15) is 5.11 Å². The minimum atomic E-state index is 0.307. The number of benzene rings is 1. The summed E-state index contributed by atoms with van der Waals surface area (Å²) < 4.78 is 0. The first-order valence-corrected chi connectivity index (χ1v) is 12.9. The molecule has 0 aromatic heterocycles. The van der Waals surface area contributed by atoms with E-state index >= 15 is 0 Å². The number of hydrogen-bond donors (Lipinski definition) is 1. The molecule has 1 aromatic rings. The fourth-order valence-electron chi connectivity index (χ4n) is 10.6. The second kappa shape index (κ2) is 5.83. The lowest BCUT2D eigenvalue weighted by Gasteiger charge is -2.59. The zero-order valence-corrected chi connectivity index (χ0v) is 18.3. The topological polar surface area (TPSA) is 20.2 Å². The molecule has 8 saturated carbocycles. The zero-order valence-electron chi connectivity index (χ0n) is 18.3. The van der Waals surface area contributed by atoms with E-state index in [2.05, 4.69) is 19.1 Å². The summed E-state index contributed by atoms with van der Waals surface area (Å²) in [6.07, 6.45) is 18.2. The van der Waals surface area contributed by atoms with Gasteiger partial charge >= 0.3 is 0 Å². The average molecular weight is 391 g/mol. The molecule has 0 unspecified atom stereocenters. The molecule has 0 saturated heterocycles. The van der Waals surface area contributed by atoms with Crippen molar-refractivity contribution < 1.29 is 5.11 Å². The van der Waals surface area contributed by atoms with E-state index < -0.39 is 0 Å². The summed E-state index contributed by atoms with van der Waals surface area (Å²) in [4.78, 5) is 0. The van der Waals surface area contributed by atoms with Gasteiger partial charge in [-0.25, -0.2) is 0 Å². The molecule has 8 fully saturated rings. The largest absolute Gasteiger partial charge is 0.507 e. The summed E-state index contributed by atoms with van der Waals surface area (Å²) in [5.74, 6) is 6.40. The number of phenolic OH excluding ortho intramolecular Hbond substituents is 1. The summed E-state index contributed by atoms with van der Waals surface area (Å²) in [5.41, 5.74) is 4.92. The molecule has 8 aliphatic rings. The van der Waals surface area contributed by atoms with Crippen LogP contribution in [-0.2, 0) is 17.3 Å². The lowest BCUT2D eigenvalue weighted by Crippen LogP contribution is -2.50. The Morgan fingerprint density at radius 3 is 1.24 bits per heavy atom. The Bertz CT molecular complexity index is 712. The quantitative estimate of drug-likeness (QED) is 0.596. The Balaban J connectivity index is 1.37. The molecule has 0 heterocycles. The van der Waals surface area contributed by atoms with Gasteiger partial charge < -0.3 is 5.11 Å². The number of phenols is 1. The Labute approximate surface area is 176 Å². The molecule has 29 heavy (non-hydrogen) atoms. The predicted octanol–water partition coefficient (Wildman–Crippen LogP) is 6.89. The van der Waals surface area contributed by atoms with Gasteiger partial charge in [0.15, 0.2) is 0 Å². The number of rotatable bonds is 3. The smallest absolute Gasteiger partial charge is 0.123 e. The van der Waals surface area contributed by atoms with Crippen molar-refractivity contribution in [2.75, 3.05) is 0 Å². The normalized spacial score (nSPS) is 49.1. The third-order valence-electron chi connectivity index (χ3n) is 10.8. The monoisotopic (exact) mass is 390 g/mol. The zero-order chi connectivity index (χ0) is 19.4. The molecular formula is C28H38O. The molecule has 1 nitrogen and oxygen atoms in total. The van der Waals surface area contributed by atoms with Crippen LogP contribution in [-0.4, -0.2) is 5.11 Å². The van der Waals surface area contributed by atoms with Gasteiger partial charge in [0.1, 0.15) is 5.75 Å². The molecule has 1 aromatic carbocycles. The minimum Gasteiger partial charge on any atom is -0.507 e. The van der Waals surface area contributed by atoms with Crippen molar-refractivity contribution >= 4 is 0 Å². The first kappa shape index (κ1) is 17.7. The second-order valence-corrected chi connectivity index (χ2v) is 12.8. The van der Waals surface area contributed by atoms with E-state index in [1.807, 2.05) is 0 Å². The highest BCUT2D eigenvalue weighted by Crippen LogP contribution is 2.65. The van der Waals surface area contributed by atoms with Crippen molar-refractivity contribution in [3.05, 3.63) is 28.8 Å². The summed E-state index contributed by atoms with van der Waals surface area (Å²) in [6.45, 7) is 2.32. The SMILES string of the molecule is CCc1cc(C23CC4CC(CC(C4)C2)C3)c(O)c(C23CC4CC(CC(C4)C2)C3)c1. The molecule has 9 rings (SSSR count). The number of aryl methyl sites for hydroxylation is 1. The Morgan fingerprint density at radius 2 is 0.966 bits per heavy atom. The first-order chi connectivity index (χ1) is 14.0. The summed E-state index contributed by atoms with van der Waals surface area (Å²) >= 11 is 0. The molecule has 1 N–H and O–H groups in total. The van der Waals surface area contributed by atoms with Crippen LogP contribution < -0.4 is 0 Å². The molecule has 156 valence electrons. The van der Waals surface area contributed by atoms with Gasteiger partial charge in [-0.1, -0.05) is 19.1 Å². The Morgan fingerprint density at radius 1 is 0.655 bits per heavy atom. The Hall–Kier alpha value is -0.980. The summed E-state index contributed by atoms with van der Waals surface area (Å²) in [6, 6.07) is 4.93. The number of aromatic hydroxyl groups is 1. The van der Waals surface area contributed by atoms with Crippen molar-refractivity contribution in [1.82, 2.24) is 0 Å². The lowest BCUT2D eigenvalue weighted by molar-refractivity contribution is -0.0103. The van der Waals surface area contributed by atoms with E-state index in [0.29, 0.717) is 10.8 Å². The van der Waals surface area contributed by atoms with E-state index in [4.69, 9.17) is 0 Å². The van der Waals surface area contributed by atoms with Gasteiger partial charge in [-0.15, -0.1) is 0 Å². The van der Waals surface area contributed by atoms with E-state index in [1.165, 1.54) is 93.7 Å². The highest BCUT2D eigenvalue weighted by molar-refractivity contribution is 5.53. The van der Waals surface area contributed by atoms with Crippen LogP contribution in [0.2, 0.25) is 0 Å². The van der Waals surface area contributed by atoms with Crippen molar-refractivity contribution in [3.63, 3.8) is 0 Å². The predicted molar refractivity (Wildman–Crippen MR) is 117 cm³/mol. The van der Waals surface area contributed by atoms with Crippen LogP contribution >= 0.6 is 0 Å². The minimum absolute atomic E-state index is 0.307. The van der Waals surface area contributed by atoms with Crippen LogP contribution in [0.4, 0.5) is 0 Å². The maximum atomic E-state index is 11.9. The summed E-state index contributed by atoms with van der Waals surface area (Å²) in [7, 11) is 0. The molecule has 0 aliphatic heterocycles. The fourth-order valence-corrected chi connectivity index (χ4v) is 10.6. The van der Waals surface area contributed by atoms with Crippen LogP contribution in [0, 0.1) is 35.5 Å². The van der Waals surface area contributed by atoms with Crippen molar-refractivity contribution in [2.24, 2.45) is 35.5 Å². The average Bonchev–Trinajstić information content (AvgIpc) is 2.66. The van der Waals surface area contributed by atoms with Crippen molar-refractivity contribution in [3.8, 4) is 5.75 Å². The third-order valence-corrected chi connectivity index (χ3v) is 10.8. The lowest BCUT2D eigenvalue weighted by atomic mass is 9.46. The van der Waals surface area contributed by atoms with Crippen LogP contribution in [0.3, 0.4) is 0 Å². The van der Waals surface area contributed by atoms with Crippen LogP contribution in [0.25, 0.3) is 0 Å². The maximum Gasteiger partial charge on any atom is 0.123 e. The van der Waals surface area contributed by atoms with Gasteiger partial charge in [-0.05, 0) is 135 Å². The Kier molecular flexibility index (Phi) is 3.55. The fraction of sp³-hybridized carbons (Fsp3) is 0.786. The van der Waals surface area contributed by atoms with Crippen molar-refractivity contribution in [2.45, 2.75) is 101 Å². The van der Waals surface area contributed by atoms with E-state index in [-0.39, 0.29) is 0 Å². The van der Waals surface area contributed by atoms with Crippen LogP contribution in [0.15, 0.2) is 12.1 Å². The van der Waals surface area contributed by atoms with Gasteiger partial charge in [0.05, 0.1) is 0 Å². The second-order valence-electron chi connectivity index (χ2n) is 12.8. The molecule has 8 aliphatic carbocycles. The summed E-state index contributed by atoms with van der Waals surface area (Å²) in [5, 5.41) is 11.9. The van der Waals surface area contributed by atoms with Crippen LogP contribution in [0.5, 0.6) is 5.75 Å². The van der Waals surface area contributed by atoms with Gasteiger partial charge in [0.25, 0.3) is 0 Å². The molecule has 8 bridgehead atoms. The van der Waals surface area contributed by atoms with E-state index in [0.717, 1.165) is 47.7 Å². The first-order valence-electron chi connectivity index (χ1n) is 12.9. The molecular weight excluding hydrogens is 352 g/mol.